The molecule has 0 fully saturated rings. The van der Waals surface area contributed by atoms with Crippen LogP contribution in [-0.4, -0.2) is 19.7 Å². The summed E-state index contributed by atoms with van der Waals surface area (Å²) in [6, 6.07) is 16.1. The van der Waals surface area contributed by atoms with Crippen LogP contribution < -0.4 is 5.32 Å². The number of aryl methyl sites for hydroxylation is 1. The van der Waals surface area contributed by atoms with Crippen LogP contribution in [0.3, 0.4) is 0 Å². The second-order valence-corrected chi connectivity index (χ2v) is 7.80. The zero-order valence-electron chi connectivity index (χ0n) is 13.7. The lowest BCUT2D eigenvalue weighted by atomic mass is 10.2. The third kappa shape index (κ3) is 3.35. The highest BCUT2D eigenvalue weighted by molar-refractivity contribution is 9.10. The second kappa shape index (κ2) is 7.14. The fourth-order valence-electron chi connectivity index (χ4n) is 2.60. The maximum atomic E-state index is 5.41. The summed E-state index contributed by atoms with van der Waals surface area (Å²) in [6.07, 6.45) is 0. The molecule has 0 bridgehead atoms. The zero-order valence-corrected chi connectivity index (χ0v) is 17.0. The van der Waals surface area contributed by atoms with Gasteiger partial charge in [-0.05, 0) is 42.9 Å². The van der Waals surface area contributed by atoms with Gasteiger partial charge in [-0.2, -0.15) is 0 Å². The van der Waals surface area contributed by atoms with Crippen LogP contribution in [-0.2, 0) is 0 Å². The summed E-state index contributed by atoms with van der Waals surface area (Å²) in [5.41, 5.74) is 4.08. The molecule has 0 aliphatic heterocycles. The molecule has 0 unspecified atom stereocenters. The van der Waals surface area contributed by atoms with Crippen molar-refractivity contribution >= 4 is 50.6 Å². The number of rotatable bonds is 4. The Hall–Kier alpha value is -2.29. The Balaban J connectivity index is 1.66. The molecule has 0 spiro atoms. The van der Waals surface area contributed by atoms with Crippen LogP contribution in [0.5, 0.6) is 0 Å². The monoisotopic (exact) mass is 443 g/mol. The van der Waals surface area contributed by atoms with Crippen molar-refractivity contribution in [3.05, 3.63) is 68.7 Å². The summed E-state index contributed by atoms with van der Waals surface area (Å²) in [6.45, 7) is 2.04. The number of aromatic nitrogens is 4. The molecule has 0 radical (unpaired) electrons. The van der Waals surface area contributed by atoms with Crippen LogP contribution in [0.25, 0.3) is 16.9 Å². The highest BCUT2D eigenvalue weighted by Crippen LogP contribution is 2.28. The van der Waals surface area contributed by atoms with Crippen molar-refractivity contribution in [1.29, 1.82) is 0 Å². The number of hydrogen-bond donors (Lipinski definition) is 2. The molecule has 2 N–H and O–H groups in total. The van der Waals surface area contributed by atoms with Crippen LogP contribution in [0.2, 0.25) is 0 Å². The van der Waals surface area contributed by atoms with Crippen molar-refractivity contribution in [2.75, 3.05) is 5.32 Å². The largest absolute Gasteiger partial charge is 0.300 e. The number of H-pyrrole nitrogens is 1. The number of nitrogens with one attached hydrogen (secondary N) is 2. The third-order valence-electron chi connectivity index (χ3n) is 3.89. The summed E-state index contributed by atoms with van der Waals surface area (Å²) in [7, 11) is 0. The van der Waals surface area contributed by atoms with E-state index in [1.807, 2.05) is 65.4 Å². The molecule has 0 aliphatic rings. The van der Waals surface area contributed by atoms with Crippen molar-refractivity contribution in [3.8, 4) is 16.9 Å². The van der Waals surface area contributed by atoms with Crippen LogP contribution >= 0.6 is 39.5 Å². The number of thiazole rings is 1. The molecule has 4 aromatic rings. The Labute approximate surface area is 167 Å². The second-order valence-electron chi connectivity index (χ2n) is 5.64. The predicted molar refractivity (Wildman–Crippen MR) is 112 cm³/mol. The molecule has 26 heavy (non-hydrogen) atoms. The van der Waals surface area contributed by atoms with Crippen LogP contribution in [0.1, 0.15) is 5.56 Å². The van der Waals surface area contributed by atoms with Gasteiger partial charge in [0.25, 0.3) is 0 Å². The van der Waals surface area contributed by atoms with E-state index in [1.165, 1.54) is 11.3 Å². The van der Waals surface area contributed by atoms with Crippen LogP contribution in [0, 0.1) is 11.7 Å². The van der Waals surface area contributed by atoms with E-state index >= 15 is 0 Å². The van der Waals surface area contributed by atoms with Gasteiger partial charge in [-0.15, -0.1) is 16.4 Å². The van der Waals surface area contributed by atoms with E-state index in [2.05, 4.69) is 36.4 Å². The number of para-hydroxylation sites is 1. The highest BCUT2D eigenvalue weighted by Gasteiger charge is 2.12. The van der Waals surface area contributed by atoms with Crippen molar-refractivity contribution in [2.24, 2.45) is 0 Å². The van der Waals surface area contributed by atoms with Crippen LogP contribution in [0.15, 0.2) is 58.4 Å². The van der Waals surface area contributed by atoms with Gasteiger partial charge < -0.3 is 0 Å². The van der Waals surface area contributed by atoms with Crippen LogP contribution in [0.4, 0.5) is 11.1 Å². The number of nitrogens with zero attached hydrogens (tertiary/aromatic N) is 3. The van der Waals surface area contributed by atoms with Gasteiger partial charge in [0.15, 0.2) is 5.13 Å². The molecule has 2 aromatic carbocycles. The Bertz CT molecular complexity index is 1110. The first-order chi connectivity index (χ1) is 12.6. The maximum Gasteiger partial charge on any atom is 0.234 e. The van der Waals surface area contributed by atoms with Crippen molar-refractivity contribution < 1.29 is 0 Å². The van der Waals surface area contributed by atoms with Gasteiger partial charge in [0.2, 0.25) is 10.7 Å². The predicted octanol–water partition coefficient (Wildman–Crippen LogP) is 5.87. The van der Waals surface area contributed by atoms with Crippen molar-refractivity contribution in [3.63, 3.8) is 0 Å². The molecule has 5 nitrogen and oxygen atoms in total. The Kier molecular flexibility index (Phi) is 4.71. The molecule has 0 aliphatic carbocycles. The van der Waals surface area contributed by atoms with Crippen molar-refractivity contribution in [2.45, 2.75) is 6.92 Å². The minimum absolute atomic E-state index is 0.534. The number of anilines is 2. The van der Waals surface area contributed by atoms with Gasteiger partial charge in [0.05, 0.1) is 11.4 Å². The van der Waals surface area contributed by atoms with Gasteiger partial charge in [0.1, 0.15) is 0 Å². The van der Waals surface area contributed by atoms with Gasteiger partial charge in [0, 0.05) is 15.4 Å². The molecule has 0 saturated carbocycles. The normalized spacial score (nSPS) is 10.8. The maximum absolute atomic E-state index is 5.41. The molecule has 4 rings (SSSR count). The third-order valence-corrected chi connectivity index (χ3v) is 5.45. The smallest absolute Gasteiger partial charge is 0.234 e. The lowest BCUT2D eigenvalue weighted by Gasteiger charge is -2.09. The molecular weight excluding hydrogens is 430 g/mol. The van der Waals surface area contributed by atoms with Gasteiger partial charge >= 0.3 is 0 Å². The fraction of sp³-hybridized carbons (Fsp3) is 0.0556. The molecule has 0 atom stereocenters. The molecule has 2 heterocycles. The first-order valence-electron chi connectivity index (χ1n) is 7.84. The standard InChI is InChI=1S/C18H14BrN5S2/c1-11-4-2-3-5-15(11)24-16(22-23-18(24)25)21-17-20-14(10-26-17)12-6-8-13(19)9-7-12/h2-10H,1H3,(H,23,25)(H,20,21,22). The average molecular weight is 444 g/mol. The first kappa shape index (κ1) is 17.1. The minimum Gasteiger partial charge on any atom is -0.300 e. The molecule has 0 saturated heterocycles. The Morgan fingerprint density at radius 3 is 2.69 bits per heavy atom. The summed E-state index contributed by atoms with van der Waals surface area (Å²) in [5, 5.41) is 13.2. The molecule has 2 aromatic heterocycles. The van der Waals surface area contributed by atoms with E-state index < -0.39 is 0 Å². The number of halogens is 1. The van der Waals surface area contributed by atoms with E-state index in [4.69, 9.17) is 12.2 Å². The fourth-order valence-corrected chi connectivity index (χ4v) is 3.81. The highest BCUT2D eigenvalue weighted by atomic mass is 79.9. The lowest BCUT2D eigenvalue weighted by molar-refractivity contribution is 1.02. The van der Waals surface area contributed by atoms with E-state index in [1.54, 1.807) is 0 Å². The molecule has 0 amide bonds. The van der Waals surface area contributed by atoms with E-state index in [0.29, 0.717) is 10.7 Å². The Morgan fingerprint density at radius 2 is 1.92 bits per heavy atom. The van der Waals surface area contributed by atoms with E-state index in [9.17, 15) is 0 Å². The summed E-state index contributed by atoms with van der Waals surface area (Å²) < 4.78 is 3.46. The summed E-state index contributed by atoms with van der Waals surface area (Å²) in [5.74, 6) is 0.612. The quantitative estimate of drug-likeness (QED) is 0.387. The Morgan fingerprint density at radius 1 is 1.15 bits per heavy atom. The van der Waals surface area contributed by atoms with Gasteiger partial charge in [-0.25, -0.2) is 10.1 Å². The van der Waals surface area contributed by atoms with Gasteiger partial charge in [-0.3, -0.25) is 9.88 Å². The summed E-state index contributed by atoms with van der Waals surface area (Å²) in [4.78, 5) is 4.66. The zero-order chi connectivity index (χ0) is 18.1. The lowest BCUT2D eigenvalue weighted by Crippen LogP contribution is -2.03. The SMILES string of the molecule is Cc1ccccc1-n1c(Nc2nc(-c3ccc(Br)cc3)cs2)n[nH]c1=S. The van der Waals surface area contributed by atoms with Crippen molar-refractivity contribution in [1.82, 2.24) is 19.7 Å². The topological polar surface area (TPSA) is 58.5 Å². The summed E-state index contributed by atoms with van der Waals surface area (Å²) >= 11 is 10.4. The number of benzene rings is 2. The molecule has 8 heteroatoms. The van der Waals surface area contributed by atoms with E-state index in [0.717, 1.165) is 32.1 Å². The average Bonchev–Trinajstić information content (AvgIpc) is 3.24. The molecule has 130 valence electrons. The van der Waals surface area contributed by atoms with E-state index in [-0.39, 0.29) is 0 Å². The number of hydrogen-bond acceptors (Lipinski definition) is 5. The molecular formula is C18H14BrN5S2. The minimum atomic E-state index is 0.534. The van der Waals surface area contributed by atoms with Gasteiger partial charge in [-0.1, -0.05) is 46.3 Å². The first-order valence-corrected chi connectivity index (χ1v) is 9.92. The number of aromatic amines is 1.